The van der Waals surface area contributed by atoms with E-state index in [-0.39, 0.29) is 23.6 Å². The van der Waals surface area contributed by atoms with Gasteiger partial charge in [-0.15, -0.1) is 5.10 Å². The summed E-state index contributed by atoms with van der Waals surface area (Å²) in [5, 5.41) is 19.2. The van der Waals surface area contributed by atoms with Crippen molar-refractivity contribution < 1.29 is 14.7 Å². The molecular formula is C14H20N4O3. The minimum atomic E-state index is -1.10. The second-order valence-corrected chi connectivity index (χ2v) is 5.89. The van der Waals surface area contributed by atoms with Crippen LogP contribution in [0.25, 0.3) is 0 Å². The molecule has 0 bridgehead atoms. The number of carbonyl (C=O) groups is 2. The molecule has 1 aromatic rings. The van der Waals surface area contributed by atoms with Gasteiger partial charge in [0.25, 0.3) is 0 Å². The number of amides is 1. The summed E-state index contributed by atoms with van der Waals surface area (Å²) in [7, 11) is 0. The lowest BCUT2D eigenvalue weighted by molar-refractivity contribution is -0.137. The number of nitrogens with one attached hydrogen (secondary N) is 1. The summed E-state index contributed by atoms with van der Waals surface area (Å²) in [6.45, 7) is 0.686. The number of aromatic carboxylic acids is 1. The summed E-state index contributed by atoms with van der Waals surface area (Å²) in [5.41, 5.74) is 0.326. The molecule has 2 aliphatic rings. The van der Waals surface area contributed by atoms with Crippen molar-refractivity contribution in [3.05, 3.63) is 11.4 Å². The predicted octanol–water partition coefficient (Wildman–Crippen LogP) is 1.75. The van der Waals surface area contributed by atoms with Crippen molar-refractivity contribution in [3.8, 4) is 0 Å². The first-order valence-electron chi connectivity index (χ1n) is 7.63. The molecule has 0 aromatic carbocycles. The molecule has 0 radical (unpaired) electrons. The number of aromatic nitrogens is 3. The molecule has 1 amide bonds. The maximum atomic E-state index is 12.7. The highest BCUT2D eigenvalue weighted by Gasteiger charge is 2.37. The summed E-state index contributed by atoms with van der Waals surface area (Å²) < 4.78 is 0. The molecule has 21 heavy (non-hydrogen) atoms. The first kappa shape index (κ1) is 14.0. The maximum absolute atomic E-state index is 12.7. The second-order valence-electron chi connectivity index (χ2n) is 5.89. The van der Waals surface area contributed by atoms with Gasteiger partial charge in [0.15, 0.2) is 5.69 Å². The molecule has 2 heterocycles. The molecule has 114 valence electrons. The summed E-state index contributed by atoms with van der Waals surface area (Å²) >= 11 is 0. The van der Waals surface area contributed by atoms with Crippen molar-refractivity contribution in [1.82, 2.24) is 20.3 Å². The molecule has 1 saturated heterocycles. The van der Waals surface area contributed by atoms with E-state index in [1.807, 2.05) is 4.90 Å². The fraction of sp³-hybridized carbons (Fsp3) is 0.714. The van der Waals surface area contributed by atoms with E-state index in [1.54, 1.807) is 0 Å². The van der Waals surface area contributed by atoms with E-state index in [2.05, 4.69) is 15.4 Å². The van der Waals surface area contributed by atoms with Crippen LogP contribution in [0.4, 0.5) is 0 Å². The maximum Gasteiger partial charge on any atom is 0.358 e. The Morgan fingerprint density at radius 3 is 2.57 bits per heavy atom. The molecule has 7 heteroatoms. The number of hydrogen-bond donors (Lipinski definition) is 2. The summed E-state index contributed by atoms with van der Waals surface area (Å²) in [6.07, 6.45) is 6.97. The minimum Gasteiger partial charge on any atom is -0.476 e. The van der Waals surface area contributed by atoms with Crippen LogP contribution in [-0.2, 0) is 4.79 Å². The quantitative estimate of drug-likeness (QED) is 0.884. The molecule has 1 unspecified atom stereocenters. The molecule has 1 aliphatic carbocycles. The Kier molecular flexibility index (Phi) is 3.90. The van der Waals surface area contributed by atoms with Gasteiger partial charge in [-0.25, -0.2) is 4.79 Å². The van der Waals surface area contributed by atoms with Gasteiger partial charge in [-0.1, -0.05) is 19.3 Å². The van der Waals surface area contributed by atoms with Crippen LogP contribution >= 0.6 is 0 Å². The number of rotatable bonds is 3. The van der Waals surface area contributed by atoms with Crippen molar-refractivity contribution in [2.24, 2.45) is 5.92 Å². The standard InChI is InChI=1S/C14H20N4O3/c19-13(9-5-2-1-3-6-9)18-8-4-7-10(18)11-12(14(20)21)16-17-15-11/h9-10H,1-8H2,(H,20,21)(H,15,16,17). The number of aromatic amines is 1. The smallest absolute Gasteiger partial charge is 0.358 e. The van der Waals surface area contributed by atoms with Gasteiger partial charge < -0.3 is 10.0 Å². The third kappa shape index (κ3) is 2.64. The summed E-state index contributed by atoms with van der Waals surface area (Å²) in [6, 6.07) is -0.246. The Hall–Kier alpha value is -1.92. The number of nitrogens with zero attached hydrogens (tertiary/aromatic N) is 3. The van der Waals surface area contributed by atoms with Crippen LogP contribution in [0.15, 0.2) is 0 Å². The molecule has 1 saturated carbocycles. The molecule has 2 fully saturated rings. The first-order valence-corrected chi connectivity index (χ1v) is 7.63. The fourth-order valence-electron chi connectivity index (χ4n) is 3.53. The van der Waals surface area contributed by atoms with Crippen molar-refractivity contribution in [3.63, 3.8) is 0 Å². The Morgan fingerprint density at radius 2 is 1.86 bits per heavy atom. The number of hydrogen-bond acceptors (Lipinski definition) is 4. The molecule has 7 nitrogen and oxygen atoms in total. The highest BCUT2D eigenvalue weighted by Crippen LogP contribution is 2.35. The zero-order valence-electron chi connectivity index (χ0n) is 11.9. The van der Waals surface area contributed by atoms with Crippen molar-refractivity contribution in [2.75, 3.05) is 6.54 Å². The molecule has 2 N–H and O–H groups in total. The SMILES string of the molecule is O=C(O)c1n[nH]nc1C1CCCN1C(=O)C1CCCCC1. The van der Waals surface area contributed by atoms with Crippen molar-refractivity contribution in [1.29, 1.82) is 0 Å². The molecular weight excluding hydrogens is 272 g/mol. The monoisotopic (exact) mass is 292 g/mol. The van der Waals surface area contributed by atoms with Crippen LogP contribution < -0.4 is 0 Å². The summed E-state index contributed by atoms with van der Waals surface area (Å²) in [4.78, 5) is 25.7. The van der Waals surface area contributed by atoms with E-state index < -0.39 is 5.97 Å². The highest BCUT2D eigenvalue weighted by atomic mass is 16.4. The summed E-state index contributed by atoms with van der Waals surface area (Å²) in [5.74, 6) is -0.841. The van der Waals surface area contributed by atoms with Crippen LogP contribution in [-0.4, -0.2) is 43.8 Å². The predicted molar refractivity (Wildman–Crippen MR) is 73.6 cm³/mol. The lowest BCUT2D eigenvalue weighted by Gasteiger charge is -2.29. The zero-order chi connectivity index (χ0) is 14.8. The van der Waals surface area contributed by atoms with Gasteiger partial charge in [-0.05, 0) is 25.7 Å². The average Bonchev–Trinajstić information content (AvgIpc) is 3.15. The van der Waals surface area contributed by atoms with Gasteiger partial charge in [-0.2, -0.15) is 10.3 Å². The van der Waals surface area contributed by atoms with Crippen molar-refractivity contribution in [2.45, 2.75) is 51.0 Å². The minimum absolute atomic E-state index is 0.0663. The first-order chi connectivity index (χ1) is 10.2. The van der Waals surface area contributed by atoms with Gasteiger partial charge >= 0.3 is 5.97 Å². The normalized spacial score (nSPS) is 23.4. The molecule has 1 aliphatic heterocycles. The topological polar surface area (TPSA) is 99.2 Å². The van der Waals surface area contributed by atoms with E-state index in [0.29, 0.717) is 12.2 Å². The lowest BCUT2D eigenvalue weighted by Crippen LogP contribution is -2.37. The number of carboxylic acid groups (broad SMARTS) is 1. The van der Waals surface area contributed by atoms with Crippen LogP contribution in [0.3, 0.4) is 0 Å². The van der Waals surface area contributed by atoms with Crippen LogP contribution in [0, 0.1) is 5.92 Å². The Morgan fingerprint density at radius 1 is 1.10 bits per heavy atom. The van der Waals surface area contributed by atoms with E-state index in [9.17, 15) is 9.59 Å². The van der Waals surface area contributed by atoms with E-state index in [1.165, 1.54) is 6.42 Å². The molecule has 3 rings (SSSR count). The Labute approximate surface area is 122 Å². The third-order valence-corrected chi connectivity index (χ3v) is 4.58. The number of carboxylic acids is 1. The second kappa shape index (κ2) is 5.83. The van der Waals surface area contributed by atoms with Crippen molar-refractivity contribution >= 4 is 11.9 Å². The average molecular weight is 292 g/mol. The van der Waals surface area contributed by atoms with E-state index in [0.717, 1.165) is 38.5 Å². The van der Waals surface area contributed by atoms with Gasteiger partial charge in [0.05, 0.1) is 6.04 Å². The van der Waals surface area contributed by atoms with E-state index in [4.69, 9.17) is 5.11 Å². The van der Waals surface area contributed by atoms with Gasteiger partial charge in [0.2, 0.25) is 5.91 Å². The number of H-pyrrole nitrogens is 1. The van der Waals surface area contributed by atoms with E-state index >= 15 is 0 Å². The lowest BCUT2D eigenvalue weighted by atomic mass is 9.88. The Bertz CT molecular complexity index is 536. The fourth-order valence-corrected chi connectivity index (χ4v) is 3.53. The highest BCUT2D eigenvalue weighted by molar-refractivity contribution is 5.87. The van der Waals surface area contributed by atoms with Gasteiger partial charge in [0.1, 0.15) is 5.69 Å². The third-order valence-electron chi connectivity index (χ3n) is 4.58. The van der Waals surface area contributed by atoms with Gasteiger partial charge in [0, 0.05) is 12.5 Å². The Balaban J connectivity index is 1.80. The number of likely N-dealkylation sites (tertiary alicyclic amines) is 1. The molecule has 1 aromatic heterocycles. The van der Waals surface area contributed by atoms with Crippen LogP contribution in [0.5, 0.6) is 0 Å². The largest absolute Gasteiger partial charge is 0.476 e. The molecule has 0 spiro atoms. The van der Waals surface area contributed by atoms with Gasteiger partial charge in [-0.3, -0.25) is 4.79 Å². The zero-order valence-corrected chi connectivity index (χ0v) is 11.9. The van der Waals surface area contributed by atoms with Crippen LogP contribution in [0.2, 0.25) is 0 Å². The van der Waals surface area contributed by atoms with Crippen LogP contribution in [0.1, 0.15) is 67.2 Å². The molecule has 1 atom stereocenters. The number of carbonyl (C=O) groups excluding carboxylic acids is 1.